The van der Waals surface area contributed by atoms with Crippen LogP contribution in [0.1, 0.15) is 24.8 Å². The molecule has 0 N–H and O–H groups in total. The molecule has 4 rings (SSSR count). The minimum Gasteiger partial charge on any atom is -0.493 e. The summed E-state index contributed by atoms with van der Waals surface area (Å²) in [5, 5.41) is 0. The number of ether oxygens (including phenoxy) is 5. The van der Waals surface area contributed by atoms with E-state index >= 15 is 0 Å². The van der Waals surface area contributed by atoms with Crippen molar-refractivity contribution in [3.8, 4) is 17.2 Å². The molecule has 2 fully saturated rings. The predicted molar refractivity (Wildman–Crippen MR) is 98.1 cm³/mol. The number of benzene rings is 1. The quantitative estimate of drug-likeness (QED) is 0.752. The monoisotopic (exact) mass is 375 g/mol. The van der Waals surface area contributed by atoms with Gasteiger partial charge in [-0.15, -0.1) is 0 Å². The second-order valence-corrected chi connectivity index (χ2v) is 6.79. The van der Waals surface area contributed by atoms with Gasteiger partial charge in [0, 0.05) is 12.6 Å². The first-order chi connectivity index (χ1) is 13.3. The molecule has 1 aromatic rings. The lowest BCUT2D eigenvalue weighted by atomic mass is 10.0. The molecule has 146 valence electrons. The molecule has 27 heavy (non-hydrogen) atoms. The zero-order valence-electron chi connectivity index (χ0n) is 15.5. The van der Waals surface area contributed by atoms with Gasteiger partial charge in [-0.1, -0.05) is 0 Å². The Morgan fingerprint density at radius 3 is 2.78 bits per heavy atom. The van der Waals surface area contributed by atoms with Crippen LogP contribution in [-0.2, 0) is 14.3 Å². The van der Waals surface area contributed by atoms with E-state index in [1.807, 2.05) is 17.0 Å². The van der Waals surface area contributed by atoms with Crippen LogP contribution in [0.25, 0.3) is 6.08 Å². The van der Waals surface area contributed by atoms with E-state index in [1.54, 1.807) is 19.3 Å². The van der Waals surface area contributed by atoms with E-state index in [9.17, 15) is 4.79 Å². The molecule has 2 saturated heterocycles. The normalized spacial score (nSPS) is 23.0. The molecule has 0 aromatic heterocycles. The Morgan fingerprint density at radius 2 is 1.96 bits per heavy atom. The zero-order valence-corrected chi connectivity index (χ0v) is 15.5. The second kappa shape index (κ2) is 8.19. The number of fused-ring (bicyclic) bond motifs is 1. The van der Waals surface area contributed by atoms with Crippen LogP contribution >= 0.6 is 0 Å². The summed E-state index contributed by atoms with van der Waals surface area (Å²) in [4.78, 5) is 14.7. The summed E-state index contributed by atoms with van der Waals surface area (Å²) >= 11 is 0. The summed E-state index contributed by atoms with van der Waals surface area (Å²) in [6, 6.07) is 3.68. The van der Waals surface area contributed by atoms with Gasteiger partial charge in [-0.2, -0.15) is 0 Å². The number of piperidine rings is 1. The highest BCUT2D eigenvalue weighted by molar-refractivity contribution is 5.92. The van der Waals surface area contributed by atoms with E-state index in [0.29, 0.717) is 43.7 Å². The fraction of sp³-hybridized carbons (Fsp3) is 0.550. The fourth-order valence-corrected chi connectivity index (χ4v) is 3.77. The average molecular weight is 375 g/mol. The Bertz CT molecular complexity index is 695. The second-order valence-electron chi connectivity index (χ2n) is 6.79. The summed E-state index contributed by atoms with van der Waals surface area (Å²) < 4.78 is 27.9. The third-order valence-electron chi connectivity index (χ3n) is 5.06. The Labute approximate surface area is 158 Å². The molecule has 0 bridgehead atoms. The van der Waals surface area contributed by atoms with Crippen LogP contribution in [-0.4, -0.2) is 63.2 Å². The maximum Gasteiger partial charge on any atom is 0.246 e. The topological polar surface area (TPSA) is 66.5 Å². The lowest BCUT2D eigenvalue weighted by Crippen LogP contribution is -2.49. The summed E-state index contributed by atoms with van der Waals surface area (Å²) in [6.07, 6.45) is 6.06. The van der Waals surface area contributed by atoms with Crippen molar-refractivity contribution in [2.24, 2.45) is 0 Å². The Morgan fingerprint density at radius 1 is 1.15 bits per heavy atom. The molecule has 3 heterocycles. The maximum absolute atomic E-state index is 12.8. The molecule has 3 aliphatic heterocycles. The minimum absolute atomic E-state index is 0.0202. The first-order valence-corrected chi connectivity index (χ1v) is 9.46. The van der Waals surface area contributed by atoms with E-state index in [1.165, 1.54) is 0 Å². The summed E-state index contributed by atoms with van der Waals surface area (Å²) in [5.41, 5.74) is 0.825. The number of hydrogen-bond acceptors (Lipinski definition) is 6. The lowest BCUT2D eigenvalue weighted by molar-refractivity contribution is -0.145. The molecular weight excluding hydrogens is 350 g/mol. The van der Waals surface area contributed by atoms with Gasteiger partial charge in [0.1, 0.15) is 13.2 Å². The standard InChI is InChI=1S/C20H25NO6/c1-23-16-12-14(13-17-19(16)25-9-8-24-17)5-6-18(22)21-7-3-2-4-15(21)20-26-10-11-27-20/h5-6,12-13,15,20H,2-4,7-11H2,1H3/b6-5+. The van der Waals surface area contributed by atoms with Gasteiger partial charge >= 0.3 is 0 Å². The molecule has 7 nitrogen and oxygen atoms in total. The number of rotatable bonds is 4. The zero-order chi connectivity index (χ0) is 18.6. The van der Waals surface area contributed by atoms with Gasteiger partial charge in [0.2, 0.25) is 11.7 Å². The van der Waals surface area contributed by atoms with Crippen molar-refractivity contribution in [2.45, 2.75) is 31.6 Å². The van der Waals surface area contributed by atoms with Crippen LogP contribution in [0.2, 0.25) is 0 Å². The van der Waals surface area contributed by atoms with Crippen LogP contribution in [0.15, 0.2) is 18.2 Å². The number of carbonyl (C=O) groups is 1. The van der Waals surface area contributed by atoms with E-state index in [2.05, 4.69) is 0 Å². The summed E-state index contributed by atoms with van der Waals surface area (Å²) in [5.74, 6) is 1.81. The Hall–Kier alpha value is -2.25. The molecular formula is C20H25NO6. The van der Waals surface area contributed by atoms with Crippen LogP contribution in [0.4, 0.5) is 0 Å². The minimum atomic E-state index is -0.308. The Kier molecular flexibility index (Phi) is 5.50. The third-order valence-corrected chi connectivity index (χ3v) is 5.06. The number of methoxy groups -OCH3 is 1. The van der Waals surface area contributed by atoms with Crippen LogP contribution in [0, 0.1) is 0 Å². The molecule has 1 unspecified atom stereocenters. The van der Waals surface area contributed by atoms with E-state index in [0.717, 1.165) is 31.4 Å². The molecule has 0 aliphatic carbocycles. The molecule has 0 radical (unpaired) electrons. The van der Waals surface area contributed by atoms with Gasteiger partial charge in [0.25, 0.3) is 0 Å². The van der Waals surface area contributed by atoms with Crippen LogP contribution in [0.5, 0.6) is 17.2 Å². The lowest BCUT2D eigenvalue weighted by Gasteiger charge is -2.37. The fourth-order valence-electron chi connectivity index (χ4n) is 3.77. The molecule has 1 atom stereocenters. The van der Waals surface area contributed by atoms with Gasteiger partial charge in [-0.25, -0.2) is 0 Å². The highest BCUT2D eigenvalue weighted by Gasteiger charge is 2.35. The molecule has 1 aromatic carbocycles. The van der Waals surface area contributed by atoms with Crippen molar-refractivity contribution in [1.29, 1.82) is 0 Å². The number of likely N-dealkylation sites (tertiary alicyclic amines) is 1. The van der Waals surface area contributed by atoms with Crippen molar-refractivity contribution in [1.82, 2.24) is 4.90 Å². The molecule has 0 saturated carbocycles. The van der Waals surface area contributed by atoms with Gasteiger partial charge in [0.15, 0.2) is 17.8 Å². The predicted octanol–water partition coefficient (Wildman–Crippen LogP) is 2.23. The highest BCUT2D eigenvalue weighted by Crippen LogP contribution is 2.40. The maximum atomic E-state index is 12.8. The summed E-state index contributed by atoms with van der Waals surface area (Å²) in [7, 11) is 1.59. The van der Waals surface area contributed by atoms with Gasteiger partial charge in [0.05, 0.1) is 26.4 Å². The summed E-state index contributed by atoms with van der Waals surface area (Å²) in [6.45, 7) is 2.91. The van der Waals surface area contributed by atoms with Gasteiger partial charge in [-0.3, -0.25) is 4.79 Å². The Balaban J connectivity index is 1.50. The van der Waals surface area contributed by atoms with Gasteiger partial charge < -0.3 is 28.6 Å². The first-order valence-electron chi connectivity index (χ1n) is 9.46. The molecule has 0 spiro atoms. The van der Waals surface area contributed by atoms with Gasteiger partial charge in [-0.05, 0) is 43.0 Å². The van der Waals surface area contributed by atoms with Crippen molar-refractivity contribution in [3.63, 3.8) is 0 Å². The molecule has 3 aliphatic rings. The average Bonchev–Trinajstić information content (AvgIpc) is 3.26. The third kappa shape index (κ3) is 3.89. The first kappa shape index (κ1) is 18.1. The largest absolute Gasteiger partial charge is 0.493 e. The number of amides is 1. The highest BCUT2D eigenvalue weighted by atomic mass is 16.7. The number of carbonyl (C=O) groups excluding carboxylic acids is 1. The van der Waals surface area contributed by atoms with Crippen molar-refractivity contribution >= 4 is 12.0 Å². The molecule has 7 heteroatoms. The number of nitrogens with zero attached hydrogens (tertiary/aromatic N) is 1. The SMILES string of the molecule is COc1cc(/C=C/C(=O)N2CCCCC2C2OCCO2)cc2c1OCCO2. The smallest absolute Gasteiger partial charge is 0.246 e. The van der Waals surface area contributed by atoms with Crippen LogP contribution < -0.4 is 14.2 Å². The molecule has 1 amide bonds. The van der Waals surface area contributed by atoms with Crippen molar-refractivity contribution in [2.75, 3.05) is 40.1 Å². The van der Waals surface area contributed by atoms with Crippen LogP contribution in [0.3, 0.4) is 0 Å². The number of hydrogen-bond donors (Lipinski definition) is 0. The van der Waals surface area contributed by atoms with Crippen molar-refractivity contribution < 1.29 is 28.5 Å². The van der Waals surface area contributed by atoms with E-state index in [4.69, 9.17) is 23.7 Å². The van der Waals surface area contributed by atoms with Crippen molar-refractivity contribution in [3.05, 3.63) is 23.8 Å². The van der Waals surface area contributed by atoms with E-state index < -0.39 is 0 Å². The van der Waals surface area contributed by atoms with E-state index in [-0.39, 0.29) is 18.2 Å².